The molecule has 4 N–H and O–H groups in total. The molecule has 0 unspecified atom stereocenters. The van der Waals surface area contributed by atoms with Gasteiger partial charge in [0.15, 0.2) is 0 Å². The number of anilines is 2. The van der Waals surface area contributed by atoms with E-state index >= 15 is 0 Å². The fourth-order valence-corrected chi connectivity index (χ4v) is 6.52. The second kappa shape index (κ2) is 20.8. The van der Waals surface area contributed by atoms with Crippen LogP contribution >= 0.6 is 0 Å². The van der Waals surface area contributed by atoms with Crippen LogP contribution in [0, 0.1) is 0 Å². The number of rotatable bonds is 17. The molecule has 0 aromatic heterocycles. The van der Waals surface area contributed by atoms with Gasteiger partial charge in [-0.1, -0.05) is 60.7 Å². The molecule has 8 nitrogen and oxygen atoms in total. The van der Waals surface area contributed by atoms with E-state index in [0.29, 0.717) is 44.8 Å². The Hall–Kier alpha value is -7.76. The summed E-state index contributed by atoms with van der Waals surface area (Å²) in [5, 5.41) is 0. The molecule has 0 bridgehead atoms. The van der Waals surface area contributed by atoms with E-state index in [1.807, 2.05) is 0 Å². The topological polar surface area (TPSA) is 123 Å². The third-order valence-corrected chi connectivity index (χ3v) is 9.75. The lowest BCUT2D eigenvalue weighted by atomic mass is 9.95. The molecular weight excluding hydrogens is 915 g/mol. The van der Waals surface area contributed by atoms with Gasteiger partial charge in [-0.2, -0.15) is 43.9 Å². The van der Waals surface area contributed by atoms with E-state index in [0.717, 1.165) is 84.9 Å². The second-order valence-corrected chi connectivity index (χ2v) is 15.1. The molecule has 0 aliphatic rings. The molecule has 68 heavy (non-hydrogen) atoms. The minimum Gasteiger partial charge on any atom is -0.458 e. The van der Waals surface area contributed by atoms with Gasteiger partial charge >= 0.3 is 36.5 Å². The molecular formula is C50H38F10N2O6. The maximum absolute atomic E-state index is 14.9. The van der Waals surface area contributed by atoms with Gasteiger partial charge in [-0.15, -0.1) is 0 Å². The molecule has 0 amide bonds. The minimum atomic E-state index is -4.46. The van der Waals surface area contributed by atoms with Crippen LogP contribution in [0.4, 0.5) is 55.3 Å². The standard InChI is InChI=1S/C50H38F10N2O6/c51-47(52,53)27-33-5-17-41(18-6-33)67-49(57,58)37-11-1-31(2-12-37)9-23-45(63)65-29-35-25-39(61)15-21-43(35)44-22-16-40(62)26-36(44)30-66-46(64)24-10-32-3-13-38(14-4-32)50(59,60)68-42-19-7-34(8-20-42)28-48(54,55)56/h1-26H,27-30,61-62H2/b23-9+,24-10+. The van der Waals surface area contributed by atoms with E-state index < -0.39 is 60.5 Å². The monoisotopic (exact) mass is 952 g/mol. The number of alkyl halides is 10. The number of carbonyl (C=O) groups is 2. The summed E-state index contributed by atoms with van der Waals surface area (Å²) in [6, 6.07) is 27.4. The van der Waals surface area contributed by atoms with Gasteiger partial charge in [0.1, 0.15) is 24.7 Å². The summed E-state index contributed by atoms with van der Waals surface area (Å²) in [7, 11) is 0. The van der Waals surface area contributed by atoms with Crippen molar-refractivity contribution < 1.29 is 72.4 Å². The van der Waals surface area contributed by atoms with Crippen LogP contribution in [0.5, 0.6) is 11.5 Å². The van der Waals surface area contributed by atoms with Crippen molar-refractivity contribution >= 4 is 35.5 Å². The molecule has 0 radical (unpaired) electrons. The smallest absolute Gasteiger partial charge is 0.426 e. The van der Waals surface area contributed by atoms with Crippen LogP contribution in [0.25, 0.3) is 23.3 Å². The zero-order valence-electron chi connectivity index (χ0n) is 35.2. The Morgan fingerprint density at radius 3 is 1.12 bits per heavy atom. The quantitative estimate of drug-likeness (QED) is 0.0401. The average molecular weight is 953 g/mol. The number of benzene rings is 6. The third-order valence-electron chi connectivity index (χ3n) is 9.75. The maximum Gasteiger partial charge on any atom is 0.426 e. The first-order valence-corrected chi connectivity index (χ1v) is 20.1. The van der Waals surface area contributed by atoms with Crippen molar-refractivity contribution in [3.05, 3.63) is 190 Å². The van der Waals surface area contributed by atoms with E-state index in [2.05, 4.69) is 0 Å². The molecule has 6 aromatic rings. The van der Waals surface area contributed by atoms with E-state index in [4.69, 9.17) is 30.4 Å². The first-order valence-electron chi connectivity index (χ1n) is 20.1. The zero-order valence-corrected chi connectivity index (χ0v) is 35.2. The molecule has 0 saturated heterocycles. The highest BCUT2D eigenvalue weighted by molar-refractivity contribution is 5.88. The predicted octanol–water partition coefficient (Wildman–Crippen LogP) is 12.5. The predicted molar refractivity (Wildman–Crippen MR) is 233 cm³/mol. The van der Waals surface area contributed by atoms with Gasteiger partial charge in [-0.25, -0.2) is 9.59 Å². The van der Waals surface area contributed by atoms with Crippen molar-refractivity contribution in [3.63, 3.8) is 0 Å². The molecule has 0 spiro atoms. The normalized spacial score (nSPS) is 12.3. The molecule has 0 heterocycles. The van der Waals surface area contributed by atoms with Gasteiger partial charge in [0.05, 0.1) is 24.0 Å². The fourth-order valence-electron chi connectivity index (χ4n) is 6.52. The second-order valence-electron chi connectivity index (χ2n) is 15.1. The van der Waals surface area contributed by atoms with Crippen molar-refractivity contribution in [2.24, 2.45) is 0 Å². The molecule has 0 aliphatic heterocycles. The summed E-state index contributed by atoms with van der Waals surface area (Å²) >= 11 is 0. The first-order chi connectivity index (χ1) is 32.0. The van der Waals surface area contributed by atoms with Gasteiger partial charge in [0.25, 0.3) is 0 Å². The molecule has 0 atom stereocenters. The van der Waals surface area contributed by atoms with Crippen molar-refractivity contribution in [1.29, 1.82) is 0 Å². The molecule has 6 rings (SSSR count). The summed E-state index contributed by atoms with van der Waals surface area (Å²) in [4.78, 5) is 25.6. The van der Waals surface area contributed by atoms with Gasteiger partial charge in [-0.05, 0) is 129 Å². The Bertz CT molecular complexity index is 2560. The van der Waals surface area contributed by atoms with Gasteiger partial charge in [-0.3, -0.25) is 0 Å². The lowest BCUT2D eigenvalue weighted by molar-refractivity contribution is -0.186. The van der Waals surface area contributed by atoms with Crippen LogP contribution in [0.3, 0.4) is 0 Å². The molecule has 18 heteroatoms. The number of halogens is 10. The molecule has 0 fully saturated rings. The fraction of sp³-hybridized carbons (Fsp3) is 0.160. The Balaban J connectivity index is 1.03. The highest BCUT2D eigenvalue weighted by Crippen LogP contribution is 2.35. The average Bonchev–Trinajstić information content (AvgIpc) is 3.27. The minimum absolute atomic E-state index is 0.118. The van der Waals surface area contributed by atoms with Crippen LogP contribution in [-0.4, -0.2) is 24.3 Å². The number of esters is 2. The summed E-state index contributed by atoms with van der Waals surface area (Å²) in [6.45, 7) is -0.546. The summed E-state index contributed by atoms with van der Waals surface area (Å²) < 4.78 is 156. The van der Waals surface area contributed by atoms with Crippen LogP contribution in [0.2, 0.25) is 0 Å². The van der Waals surface area contributed by atoms with Crippen molar-refractivity contribution in [1.82, 2.24) is 0 Å². The number of nitrogens with two attached hydrogens (primary N) is 2. The molecule has 0 aliphatic carbocycles. The lowest BCUT2D eigenvalue weighted by Crippen LogP contribution is -2.21. The summed E-state index contributed by atoms with van der Waals surface area (Å²) in [6.07, 6.45) is -14.2. The van der Waals surface area contributed by atoms with E-state index in [1.54, 1.807) is 36.4 Å². The van der Waals surface area contributed by atoms with Crippen molar-refractivity contribution in [2.75, 3.05) is 11.5 Å². The molecule has 354 valence electrons. The number of carbonyl (C=O) groups excluding carboxylic acids is 2. The Kier molecular flexibility index (Phi) is 15.2. The largest absolute Gasteiger partial charge is 0.458 e. The maximum atomic E-state index is 14.9. The lowest BCUT2D eigenvalue weighted by Gasteiger charge is -2.18. The van der Waals surface area contributed by atoms with Crippen LogP contribution in [0.1, 0.15) is 44.5 Å². The number of hydrogen-bond donors (Lipinski definition) is 2. The van der Waals surface area contributed by atoms with Crippen LogP contribution < -0.4 is 20.9 Å². The summed E-state index contributed by atoms with van der Waals surface area (Å²) in [5.41, 5.74) is 14.2. The van der Waals surface area contributed by atoms with Gasteiger partial charge in [0, 0.05) is 23.5 Å². The Morgan fingerprint density at radius 1 is 0.456 bits per heavy atom. The van der Waals surface area contributed by atoms with Crippen molar-refractivity contribution in [3.8, 4) is 22.6 Å². The molecule has 0 saturated carbocycles. The number of nitrogen functional groups attached to an aromatic ring is 2. The highest BCUT2D eigenvalue weighted by atomic mass is 19.4. The SMILES string of the molecule is Nc1ccc(-c2ccc(N)cc2COC(=O)/C=C/c2ccc(C(F)(F)Oc3ccc(CC(F)(F)F)cc3)cc2)c(COC(=O)/C=C/c2ccc(C(F)(F)Oc3ccc(CC(F)(F)F)cc3)cc2)c1. The van der Waals surface area contributed by atoms with Gasteiger partial charge < -0.3 is 30.4 Å². The summed E-state index contributed by atoms with van der Waals surface area (Å²) in [5.74, 6) is -2.28. The van der Waals surface area contributed by atoms with E-state index in [9.17, 15) is 53.5 Å². The van der Waals surface area contributed by atoms with Crippen LogP contribution in [-0.2, 0) is 57.3 Å². The highest BCUT2D eigenvalue weighted by Gasteiger charge is 2.36. The first kappa shape index (κ1) is 49.7. The number of ether oxygens (including phenoxy) is 4. The van der Waals surface area contributed by atoms with Crippen molar-refractivity contribution in [2.45, 2.75) is 50.6 Å². The van der Waals surface area contributed by atoms with E-state index in [1.165, 1.54) is 36.4 Å². The van der Waals surface area contributed by atoms with Crippen LogP contribution in [0.15, 0.2) is 146 Å². The third kappa shape index (κ3) is 14.6. The Labute approximate surface area is 382 Å². The van der Waals surface area contributed by atoms with E-state index in [-0.39, 0.29) is 35.8 Å². The Morgan fingerprint density at radius 2 is 0.794 bits per heavy atom. The zero-order chi connectivity index (χ0) is 49.3. The van der Waals surface area contributed by atoms with Gasteiger partial charge in [0.2, 0.25) is 0 Å². The number of hydrogen-bond acceptors (Lipinski definition) is 8. The molecule has 6 aromatic carbocycles.